The van der Waals surface area contributed by atoms with Crippen LogP contribution in [-0.2, 0) is 9.59 Å². The van der Waals surface area contributed by atoms with Crippen molar-refractivity contribution in [2.24, 2.45) is 17.3 Å². The van der Waals surface area contributed by atoms with Crippen LogP contribution in [0.5, 0.6) is 0 Å². The Hall–Kier alpha value is -0.710. The number of hydrogen-bond acceptors (Lipinski definition) is 3. The van der Waals surface area contributed by atoms with Crippen molar-refractivity contribution in [2.75, 3.05) is 12.0 Å². The second-order valence-corrected chi connectivity index (χ2v) is 8.96. The van der Waals surface area contributed by atoms with Gasteiger partial charge in [0.25, 0.3) is 0 Å². The number of hydrogen-bond donors (Lipinski definition) is 2. The summed E-state index contributed by atoms with van der Waals surface area (Å²) in [6, 6.07) is -0.759. The molecule has 1 saturated carbocycles. The largest absolute Gasteiger partial charge is 0.480 e. The Bertz CT molecular complexity index is 403. The molecule has 0 aromatic carbocycles. The summed E-state index contributed by atoms with van der Waals surface area (Å²) < 4.78 is 0. The summed E-state index contributed by atoms with van der Waals surface area (Å²) in [5.74, 6) is 1.24. The predicted molar refractivity (Wildman–Crippen MR) is 101 cm³/mol. The van der Waals surface area contributed by atoms with Crippen molar-refractivity contribution in [3.05, 3.63) is 0 Å². The van der Waals surface area contributed by atoms with E-state index < -0.39 is 17.4 Å². The van der Waals surface area contributed by atoms with Gasteiger partial charge in [-0.1, -0.05) is 40.0 Å². The lowest BCUT2D eigenvalue weighted by molar-refractivity contribution is -0.144. The molecule has 1 aliphatic rings. The number of amides is 1. The molecule has 0 aliphatic heterocycles. The number of carbonyl (C=O) groups is 2. The van der Waals surface area contributed by atoms with Crippen LogP contribution >= 0.6 is 11.8 Å². The molecule has 0 aromatic rings. The topological polar surface area (TPSA) is 66.4 Å². The van der Waals surface area contributed by atoms with Crippen LogP contribution in [-0.4, -0.2) is 35.0 Å². The van der Waals surface area contributed by atoms with Crippen molar-refractivity contribution in [3.63, 3.8) is 0 Å². The van der Waals surface area contributed by atoms with Crippen LogP contribution in [0.3, 0.4) is 0 Å². The molecule has 1 amide bonds. The lowest BCUT2D eigenvalue weighted by Crippen LogP contribution is -2.48. The number of aliphatic carboxylic acids is 1. The molecule has 24 heavy (non-hydrogen) atoms. The first-order valence-electron chi connectivity index (χ1n) is 9.31. The van der Waals surface area contributed by atoms with Gasteiger partial charge in [0, 0.05) is 5.41 Å². The first-order chi connectivity index (χ1) is 11.3. The molecule has 1 rings (SSSR count). The van der Waals surface area contributed by atoms with Crippen LogP contribution in [0.2, 0.25) is 0 Å². The Morgan fingerprint density at radius 2 is 1.88 bits per heavy atom. The maximum atomic E-state index is 12.6. The molecular weight excluding hydrogens is 322 g/mol. The lowest BCUT2D eigenvalue weighted by Gasteiger charge is -2.37. The van der Waals surface area contributed by atoms with Gasteiger partial charge in [0.1, 0.15) is 6.04 Å². The maximum absolute atomic E-state index is 12.6. The number of nitrogens with one attached hydrogen (secondary N) is 1. The van der Waals surface area contributed by atoms with Gasteiger partial charge in [-0.05, 0) is 55.9 Å². The molecule has 0 bridgehead atoms. The van der Waals surface area contributed by atoms with Crippen LogP contribution in [0.4, 0.5) is 0 Å². The van der Waals surface area contributed by atoms with E-state index in [1.54, 1.807) is 11.8 Å². The molecule has 140 valence electrons. The molecule has 2 N–H and O–H groups in total. The lowest BCUT2D eigenvalue weighted by atomic mass is 9.70. The van der Waals surface area contributed by atoms with E-state index >= 15 is 0 Å². The highest BCUT2D eigenvalue weighted by atomic mass is 32.2. The quantitative estimate of drug-likeness (QED) is 0.610. The zero-order valence-corrected chi connectivity index (χ0v) is 16.6. The van der Waals surface area contributed by atoms with Gasteiger partial charge >= 0.3 is 5.97 Å². The van der Waals surface area contributed by atoms with Crippen LogP contribution in [0.15, 0.2) is 0 Å². The zero-order chi connectivity index (χ0) is 18.2. The molecule has 1 atom stereocenters. The maximum Gasteiger partial charge on any atom is 0.326 e. The van der Waals surface area contributed by atoms with Gasteiger partial charge in [-0.2, -0.15) is 11.8 Å². The van der Waals surface area contributed by atoms with Gasteiger partial charge in [0.2, 0.25) is 5.91 Å². The van der Waals surface area contributed by atoms with E-state index in [4.69, 9.17) is 0 Å². The molecule has 1 aliphatic carbocycles. The third-order valence-corrected chi connectivity index (χ3v) is 6.01. The van der Waals surface area contributed by atoms with Crippen molar-refractivity contribution < 1.29 is 14.7 Å². The van der Waals surface area contributed by atoms with E-state index in [1.165, 1.54) is 19.3 Å². The molecule has 0 heterocycles. The summed E-state index contributed by atoms with van der Waals surface area (Å²) in [6.45, 7) is 6.52. The monoisotopic (exact) mass is 357 g/mol. The minimum Gasteiger partial charge on any atom is -0.480 e. The molecule has 0 spiro atoms. The van der Waals surface area contributed by atoms with Gasteiger partial charge < -0.3 is 10.4 Å². The van der Waals surface area contributed by atoms with Crippen LogP contribution in [0, 0.1) is 17.3 Å². The molecule has 0 saturated heterocycles. The Kier molecular flexibility index (Phi) is 9.17. The summed E-state index contributed by atoms with van der Waals surface area (Å²) in [5.41, 5.74) is -0.401. The second kappa shape index (κ2) is 10.3. The van der Waals surface area contributed by atoms with E-state index in [-0.39, 0.29) is 5.91 Å². The minimum atomic E-state index is -0.927. The average Bonchev–Trinajstić information content (AvgIpc) is 2.52. The molecular formula is C19H35NO3S. The van der Waals surface area contributed by atoms with E-state index in [1.807, 2.05) is 13.2 Å². The summed E-state index contributed by atoms with van der Waals surface area (Å²) >= 11 is 1.60. The van der Waals surface area contributed by atoms with Crippen molar-refractivity contribution in [1.82, 2.24) is 5.32 Å². The number of carboxylic acid groups (broad SMARTS) is 1. The first kappa shape index (κ1) is 21.3. The first-order valence-corrected chi connectivity index (χ1v) is 10.7. The van der Waals surface area contributed by atoms with E-state index in [0.717, 1.165) is 43.3 Å². The number of carbonyl (C=O) groups excluding carboxylic acids is 1. The molecule has 5 heteroatoms. The molecule has 0 radical (unpaired) electrons. The normalized spacial score (nSPS) is 25.5. The summed E-state index contributed by atoms with van der Waals surface area (Å²) in [6.07, 6.45) is 10.2. The second-order valence-electron chi connectivity index (χ2n) is 7.97. The highest BCUT2D eigenvalue weighted by molar-refractivity contribution is 7.98. The Balaban J connectivity index is 2.46. The van der Waals surface area contributed by atoms with Crippen LogP contribution in [0.25, 0.3) is 0 Å². The summed E-state index contributed by atoms with van der Waals surface area (Å²) in [4.78, 5) is 24.0. The fraction of sp³-hybridized carbons (Fsp3) is 0.895. The standard InChI is InChI=1S/C19H35NO3S/c1-14(2)6-5-7-15-8-11-19(3,12-9-15)18(23)20-16(17(21)22)10-13-24-4/h14-16H,5-13H2,1-4H3,(H,20,23)(H,21,22)/t15-,16-,19-/m0/s1. The van der Waals surface area contributed by atoms with Crippen molar-refractivity contribution in [2.45, 2.75) is 78.2 Å². The number of rotatable bonds is 10. The van der Waals surface area contributed by atoms with Crippen molar-refractivity contribution in [1.29, 1.82) is 0 Å². The molecule has 0 aromatic heterocycles. The number of carboxylic acids is 1. The number of thioether (sulfide) groups is 1. The summed E-state index contributed by atoms with van der Waals surface area (Å²) in [7, 11) is 0. The Morgan fingerprint density at radius 3 is 2.38 bits per heavy atom. The van der Waals surface area contributed by atoms with Crippen molar-refractivity contribution in [3.8, 4) is 0 Å². The van der Waals surface area contributed by atoms with Crippen molar-refractivity contribution >= 4 is 23.6 Å². The molecule has 1 fully saturated rings. The van der Waals surface area contributed by atoms with Crippen LogP contribution < -0.4 is 5.32 Å². The smallest absolute Gasteiger partial charge is 0.326 e. The molecule has 0 unspecified atom stereocenters. The van der Waals surface area contributed by atoms with Gasteiger partial charge in [0.15, 0.2) is 0 Å². The minimum absolute atomic E-state index is 0.0726. The van der Waals surface area contributed by atoms with E-state index in [0.29, 0.717) is 6.42 Å². The SMILES string of the molecule is CSCC[C@H](NC(=O)[C@]1(C)CC[C@@H](CCCC(C)C)CC1)C(=O)O. The third kappa shape index (κ3) is 7.04. The van der Waals surface area contributed by atoms with Gasteiger partial charge in [0.05, 0.1) is 0 Å². The Morgan fingerprint density at radius 1 is 1.25 bits per heavy atom. The average molecular weight is 358 g/mol. The highest BCUT2D eigenvalue weighted by Crippen LogP contribution is 2.40. The third-order valence-electron chi connectivity index (χ3n) is 5.36. The Labute approximate surface area is 151 Å². The molecule has 4 nitrogen and oxygen atoms in total. The summed E-state index contributed by atoms with van der Waals surface area (Å²) in [5, 5.41) is 12.1. The van der Waals surface area contributed by atoms with Gasteiger partial charge in [-0.25, -0.2) is 4.79 Å². The fourth-order valence-corrected chi connectivity index (χ4v) is 3.94. The zero-order valence-electron chi connectivity index (χ0n) is 15.8. The van der Waals surface area contributed by atoms with E-state index in [9.17, 15) is 14.7 Å². The van der Waals surface area contributed by atoms with Gasteiger partial charge in [-0.3, -0.25) is 4.79 Å². The predicted octanol–water partition coefficient (Wildman–Crippen LogP) is 4.33. The fourth-order valence-electron chi connectivity index (χ4n) is 3.47. The van der Waals surface area contributed by atoms with Crippen LogP contribution in [0.1, 0.15) is 72.1 Å². The van der Waals surface area contributed by atoms with Gasteiger partial charge in [-0.15, -0.1) is 0 Å². The van der Waals surface area contributed by atoms with E-state index in [2.05, 4.69) is 19.2 Å². The highest BCUT2D eigenvalue weighted by Gasteiger charge is 2.38.